The molecule has 2 aliphatic heterocycles. The van der Waals surface area contributed by atoms with E-state index in [4.69, 9.17) is 9.47 Å². The molecule has 0 aromatic heterocycles. The normalized spacial score (nSPS) is 20.5. The standard InChI is InChI=1S/C17H23N3O4S/c1-23-12-3-4-15(24-2)13(9-12)16(21)19-5-7-20(8-6-19)17(22)14-10-25-11-18-14/h3-4,9,14,18H,5-8,10-11H2,1-2H3. The highest BCUT2D eigenvalue weighted by Crippen LogP contribution is 2.26. The maximum absolute atomic E-state index is 12.9. The molecule has 2 aliphatic rings. The van der Waals surface area contributed by atoms with Gasteiger partial charge in [0.15, 0.2) is 0 Å². The second kappa shape index (κ2) is 7.97. The van der Waals surface area contributed by atoms with Crippen molar-refractivity contribution < 1.29 is 19.1 Å². The third kappa shape index (κ3) is 3.85. The van der Waals surface area contributed by atoms with Crippen LogP contribution in [0.2, 0.25) is 0 Å². The maximum Gasteiger partial charge on any atom is 0.257 e. The minimum Gasteiger partial charge on any atom is -0.497 e. The fraction of sp³-hybridized carbons (Fsp3) is 0.529. The van der Waals surface area contributed by atoms with Crippen molar-refractivity contribution in [2.24, 2.45) is 0 Å². The summed E-state index contributed by atoms with van der Waals surface area (Å²) < 4.78 is 10.5. The Morgan fingerprint density at radius 3 is 2.44 bits per heavy atom. The molecular weight excluding hydrogens is 342 g/mol. The largest absolute Gasteiger partial charge is 0.497 e. The number of nitrogens with zero attached hydrogens (tertiary/aromatic N) is 2. The number of rotatable bonds is 4. The molecule has 1 aromatic carbocycles. The van der Waals surface area contributed by atoms with Gasteiger partial charge in [0.25, 0.3) is 5.91 Å². The molecule has 0 radical (unpaired) electrons. The number of hydrogen-bond acceptors (Lipinski definition) is 6. The number of carbonyl (C=O) groups is 2. The first kappa shape index (κ1) is 17.9. The zero-order valence-electron chi connectivity index (χ0n) is 14.5. The lowest BCUT2D eigenvalue weighted by atomic mass is 10.1. The van der Waals surface area contributed by atoms with Crippen molar-refractivity contribution in [1.82, 2.24) is 15.1 Å². The number of hydrogen-bond donors (Lipinski definition) is 1. The van der Waals surface area contributed by atoms with E-state index in [0.717, 1.165) is 11.6 Å². The van der Waals surface area contributed by atoms with Crippen molar-refractivity contribution in [3.05, 3.63) is 23.8 Å². The van der Waals surface area contributed by atoms with Crippen LogP contribution in [-0.4, -0.2) is 79.7 Å². The lowest BCUT2D eigenvalue weighted by Gasteiger charge is -2.36. The monoisotopic (exact) mass is 365 g/mol. The van der Waals surface area contributed by atoms with Gasteiger partial charge in [0.2, 0.25) is 5.91 Å². The average molecular weight is 365 g/mol. The predicted octanol–water partition coefficient (Wildman–Crippen LogP) is 0.651. The molecule has 0 bridgehead atoms. The van der Waals surface area contributed by atoms with E-state index in [9.17, 15) is 9.59 Å². The maximum atomic E-state index is 12.9. The van der Waals surface area contributed by atoms with Crippen molar-refractivity contribution in [3.8, 4) is 11.5 Å². The minimum absolute atomic E-state index is 0.0919. The van der Waals surface area contributed by atoms with Crippen LogP contribution in [0.15, 0.2) is 18.2 Å². The van der Waals surface area contributed by atoms with Gasteiger partial charge in [-0.25, -0.2) is 0 Å². The van der Waals surface area contributed by atoms with E-state index >= 15 is 0 Å². The van der Waals surface area contributed by atoms with Crippen molar-refractivity contribution >= 4 is 23.6 Å². The lowest BCUT2D eigenvalue weighted by Crippen LogP contribution is -2.54. The summed E-state index contributed by atoms with van der Waals surface area (Å²) in [5.41, 5.74) is 0.482. The number of thioether (sulfide) groups is 1. The smallest absolute Gasteiger partial charge is 0.257 e. The van der Waals surface area contributed by atoms with E-state index in [-0.39, 0.29) is 17.9 Å². The van der Waals surface area contributed by atoms with Gasteiger partial charge in [-0.15, -0.1) is 11.8 Å². The van der Waals surface area contributed by atoms with Gasteiger partial charge in [-0.3, -0.25) is 14.9 Å². The molecule has 1 aromatic rings. The molecule has 25 heavy (non-hydrogen) atoms. The molecule has 2 heterocycles. The van der Waals surface area contributed by atoms with Crippen LogP contribution in [0.5, 0.6) is 11.5 Å². The molecule has 2 fully saturated rings. The number of benzene rings is 1. The molecule has 0 aliphatic carbocycles. The van der Waals surface area contributed by atoms with Crippen molar-refractivity contribution in [3.63, 3.8) is 0 Å². The van der Waals surface area contributed by atoms with Gasteiger partial charge in [-0.2, -0.15) is 0 Å². The predicted molar refractivity (Wildman–Crippen MR) is 96.3 cm³/mol. The SMILES string of the molecule is COc1ccc(OC)c(C(=O)N2CCN(C(=O)C3CSCN3)CC2)c1. The van der Waals surface area contributed by atoms with Crippen LogP contribution in [0, 0.1) is 0 Å². The molecule has 7 nitrogen and oxygen atoms in total. The van der Waals surface area contributed by atoms with Crippen molar-refractivity contribution in [2.75, 3.05) is 52.0 Å². The highest BCUT2D eigenvalue weighted by atomic mass is 32.2. The Morgan fingerprint density at radius 2 is 1.84 bits per heavy atom. The summed E-state index contributed by atoms with van der Waals surface area (Å²) in [5.74, 6) is 2.82. The van der Waals surface area contributed by atoms with Crippen LogP contribution < -0.4 is 14.8 Å². The Kier molecular flexibility index (Phi) is 5.70. The summed E-state index contributed by atoms with van der Waals surface area (Å²) in [4.78, 5) is 28.9. The molecule has 1 atom stereocenters. The Bertz CT molecular complexity index is 641. The zero-order chi connectivity index (χ0) is 17.8. The Morgan fingerprint density at radius 1 is 1.12 bits per heavy atom. The number of nitrogens with one attached hydrogen (secondary N) is 1. The van der Waals surface area contributed by atoms with E-state index in [1.807, 2.05) is 4.90 Å². The van der Waals surface area contributed by atoms with E-state index < -0.39 is 0 Å². The third-order valence-electron chi connectivity index (χ3n) is 4.53. The second-order valence-corrected chi connectivity index (χ2v) is 6.99. The molecule has 2 saturated heterocycles. The molecule has 3 rings (SSSR count). The lowest BCUT2D eigenvalue weighted by molar-refractivity contribution is -0.134. The molecule has 1 N–H and O–H groups in total. The number of ether oxygens (including phenoxy) is 2. The Hall–Kier alpha value is -1.93. The summed E-state index contributed by atoms with van der Waals surface area (Å²) in [6.45, 7) is 2.15. The van der Waals surface area contributed by atoms with Gasteiger partial charge in [0.05, 0.1) is 25.8 Å². The van der Waals surface area contributed by atoms with Crippen LogP contribution in [0.4, 0.5) is 0 Å². The van der Waals surface area contributed by atoms with Crippen LogP contribution >= 0.6 is 11.8 Å². The van der Waals surface area contributed by atoms with E-state index in [1.54, 1.807) is 49.1 Å². The molecule has 8 heteroatoms. The average Bonchev–Trinajstić information content (AvgIpc) is 3.21. The first-order valence-electron chi connectivity index (χ1n) is 8.25. The van der Waals surface area contributed by atoms with Crippen LogP contribution in [0.25, 0.3) is 0 Å². The molecule has 0 saturated carbocycles. The minimum atomic E-state index is -0.0996. The van der Waals surface area contributed by atoms with E-state index in [2.05, 4.69) is 5.32 Å². The topological polar surface area (TPSA) is 71.1 Å². The zero-order valence-corrected chi connectivity index (χ0v) is 15.3. The fourth-order valence-corrected chi connectivity index (χ4v) is 3.99. The van der Waals surface area contributed by atoms with Crippen molar-refractivity contribution in [1.29, 1.82) is 0 Å². The van der Waals surface area contributed by atoms with Gasteiger partial charge in [-0.05, 0) is 18.2 Å². The number of methoxy groups -OCH3 is 2. The quantitative estimate of drug-likeness (QED) is 0.845. The molecule has 2 amide bonds. The van der Waals surface area contributed by atoms with Crippen molar-refractivity contribution in [2.45, 2.75) is 6.04 Å². The summed E-state index contributed by atoms with van der Waals surface area (Å²) in [7, 11) is 3.11. The Labute approximate surface area is 151 Å². The molecule has 136 valence electrons. The summed E-state index contributed by atoms with van der Waals surface area (Å²) >= 11 is 1.74. The first-order valence-corrected chi connectivity index (χ1v) is 9.40. The summed E-state index contributed by atoms with van der Waals surface area (Å²) in [6.07, 6.45) is 0. The molecular formula is C17H23N3O4S. The number of amides is 2. The van der Waals surface area contributed by atoms with Gasteiger partial charge in [-0.1, -0.05) is 0 Å². The summed E-state index contributed by atoms with van der Waals surface area (Å²) in [6, 6.07) is 5.10. The molecule has 0 spiro atoms. The number of piperazine rings is 1. The van der Waals surface area contributed by atoms with E-state index in [1.165, 1.54) is 0 Å². The molecule has 1 unspecified atom stereocenters. The first-order chi connectivity index (χ1) is 12.1. The van der Waals surface area contributed by atoms with Gasteiger partial charge in [0.1, 0.15) is 11.5 Å². The number of carbonyl (C=O) groups excluding carboxylic acids is 2. The second-order valence-electron chi connectivity index (χ2n) is 5.96. The van der Waals surface area contributed by atoms with Gasteiger partial charge >= 0.3 is 0 Å². The highest BCUT2D eigenvalue weighted by molar-refractivity contribution is 7.99. The Balaban J connectivity index is 1.64. The van der Waals surface area contributed by atoms with Gasteiger partial charge in [0, 0.05) is 37.8 Å². The third-order valence-corrected chi connectivity index (χ3v) is 5.47. The van der Waals surface area contributed by atoms with Crippen LogP contribution in [0.3, 0.4) is 0 Å². The van der Waals surface area contributed by atoms with Crippen LogP contribution in [0.1, 0.15) is 10.4 Å². The van der Waals surface area contributed by atoms with Gasteiger partial charge < -0.3 is 19.3 Å². The van der Waals surface area contributed by atoms with E-state index in [0.29, 0.717) is 43.2 Å². The summed E-state index contributed by atoms with van der Waals surface area (Å²) in [5, 5.41) is 3.20. The highest BCUT2D eigenvalue weighted by Gasteiger charge is 2.31. The fourth-order valence-electron chi connectivity index (χ4n) is 3.06. The van der Waals surface area contributed by atoms with Crippen LogP contribution in [-0.2, 0) is 4.79 Å².